The highest BCUT2D eigenvalue weighted by atomic mass is 35.5. The molecular formula is C14H11Cl3N2O2. The molecule has 0 spiro atoms. The van der Waals surface area contributed by atoms with Crippen LogP contribution in [0.5, 0.6) is 5.75 Å². The monoisotopic (exact) mass is 344 g/mol. The topological polar surface area (TPSA) is 67.8 Å². The first-order chi connectivity index (χ1) is 10.0. The lowest BCUT2D eigenvalue weighted by Crippen LogP contribution is -2.13. The van der Waals surface area contributed by atoms with Crippen molar-refractivity contribution in [1.29, 1.82) is 0 Å². The van der Waals surface area contributed by atoms with Crippen molar-refractivity contribution in [2.24, 2.45) is 10.9 Å². The molecule has 0 radical (unpaired) electrons. The number of rotatable bonds is 4. The number of hydrogen-bond acceptors (Lipinski definition) is 3. The maximum atomic E-state index is 8.62. The van der Waals surface area contributed by atoms with Gasteiger partial charge >= 0.3 is 0 Å². The Hall–Kier alpha value is -1.62. The molecule has 0 saturated carbocycles. The van der Waals surface area contributed by atoms with E-state index in [1.165, 1.54) is 0 Å². The summed E-state index contributed by atoms with van der Waals surface area (Å²) in [7, 11) is 0. The maximum Gasteiger partial charge on any atom is 0.170 e. The minimum atomic E-state index is -0.00569. The van der Waals surface area contributed by atoms with E-state index in [2.05, 4.69) is 5.16 Å². The number of nitrogens with two attached hydrogens (primary N) is 1. The molecule has 2 aromatic rings. The van der Waals surface area contributed by atoms with E-state index >= 15 is 0 Å². The standard InChI is InChI=1S/C14H11Cl3N2O2/c15-11-4-3-10(6-13(11)17)21-7-9-2-1-8(5-12(9)16)14(18)19-20/h1-6,20H,7H2,(H2,18,19). The van der Waals surface area contributed by atoms with E-state index in [-0.39, 0.29) is 12.4 Å². The van der Waals surface area contributed by atoms with Crippen LogP contribution in [0.25, 0.3) is 0 Å². The van der Waals surface area contributed by atoms with Gasteiger partial charge in [-0.3, -0.25) is 0 Å². The number of halogens is 3. The molecule has 0 saturated heterocycles. The van der Waals surface area contributed by atoms with Crippen molar-refractivity contribution in [3.63, 3.8) is 0 Å². The molecule has 0 aliphatic heterocycles. The van der Waals surface area contributed by atoms with Crippen molar-refractivity contribution in [2.45, 2.75) is 6.61 Å². The first-order valence-corrected chi connectivity index (χ1v) is 6.99. The smallest absolute Gasteiger partial charge is 0.170 e. The Kier molecular flexibility index (Phi) is 5.17. The summed E-state index contributed by atoms with van der Waals surface area (Å²) >= 11 is 17.9. The third kappa shape index (κ3) is 3.94. The average Bonchev–Trinajstić information content (AvgIpc) is 2.48. The van der Waals surface area contributed by atoms with Crippen LogP contribution in [0.3, 0.4) is 0 Å². The lowest BCUT2D eigenvalue weighted by atomic mass is 10.1. The van der Waals surface area contributed by atoms with Gasteiger partial charge in [-0.25, -0.2) is 0 Å². The molecule has 7 heteroatoms. The van der Waals surface area contributed by atoms with Crippen LogP contribution in [-0.4, -0.2) is 11.0 Å². The molecule has 2 rings (SSSR count). The van der Waals surface area contributed by atoms with E-state index < -0.39 is 0 Å². The maximum absolute atomic E-state index is 8.62. The van der Waals surface area contributed by atoms with Crippen LogP contribution < -0.4 is 10.5 Å². The molecule has 0 aliphatic carbocycles. The molecule has 0 heterocycles. The molecule has 0 bridgehead atoms. The van der Waals surface area contributed by atoms with Crippen LogP contribution in [0.2, 0.25) is 15.1 Å². The van der Waals surface area contributed by atoms with E-state index in [9.17, 15) is 0 Å². The first-order valence-electron chi connectivity index (χ1n) is 5.85. The molecule has 21 heavy (non-hydrogen) atoms. The van der Waals surface area contributed by atoms with Gasteiger partial charge in [0.05, 0.1) is 10.0 Å². The van der Waals surface area contributed by atoms with E-state index in [1.54, 1.807) is 36.4 Å². The second kappa shape index (κ2) is 6.89. The molecule has 0 unspecified atom stereocenters. The molecule has 0 aromatic heterocycles. The van der Waals surface area contributed by atoms with E-state index in [1.807, 2.05) is 0 Å². The Labute approximate surface area is 136 Å². The molecule has 2 aromatic carbocycles. The number of benzene rings is 2. The Bertz CT molecular complexity index is 690. The fourth-order valence-electron chi connectivity index (χ4n) is 1.61. The SMILES string of the molecule is N/C(=N/O)c1ccc(COc2ccc(Cl)c(Cl)c2)c(Cl)c1. The second-order valence-corrected chi connectivity index (χ2v) is 5.38. The van der Waals surface area contributed by atoms with Gasteiger partial charge in [-0.1, -0.05) is 52.1 Å². The van der Waals surface area contributed by atoms with Crippen molar-refractivity contribution in [2.75, 3.05) is 0 Å². The summed E-state index contributed by atoms with van der Waals surface area (Å²) in [5, 5.41) is 12.9. The van der Waals surface area contributed by atoms with Gasteiger partial charge in [0.1, 0.15) is 12.4 Å². The summed E-state index contributed by atoms with van der Waals surface area (Å²) in [4.78, 5) is 0. The minimum Gasteiger partial charge on any atom is -0.489 e. The van der Waals surface area contributed by atoms with Crippen LogP contribution >= 0.6 is 34.8 Å². The molecular weight excluding hydrogens is 335 g/mol. The summed E-state index contributed by atoms with van der Waals surface area (Å²) in [5.41, 5.74) is 6.78. The van der Waals surface area contributed by atoms with Gasteiger partial charge in [0.25, 0.3) is 0 Å². The number of hydrogen-bond donors (Lipinski definition) is 2. The van der Waals surface area contributed by atoms with Crippen molar-refractivity contribution in [3.05, 3.63) is 62.6 Å². The molecule has 110 valence electrons. The van der Waals surface area contributed by atoms with E-state index in [0.29, 0.717) is 26.4 Å². The zero-order chi connectivity index (χ0) is 15.4. The highest BCUT2D eigenvalue weighted by molar-refractivity contribution is 6.42. The largest absolute Gasteiger partial charge is 0.489 e. The summed E-state index contributed by atoms with van der Waals surface area (Å²) in [6.45, 7) is 0.257. The van der Waals surface area contributed by atoms with Crippen LogP contribution in [0.1, 0.15) is 11.1 Å². The number of nitrogens with zero attached hydrogens (tertiary/aromatic N) is 1. The highest BCUT2D eigenvalue weighted by Crippen LogP contribution is 2.27. The minimum absolute atomic E-state index is 0.00569. The summed E-state index contributed by atoms with van der Waals surface area (Å²) in [5.74, 6) is 0.579. The Morgan fingerprint density at radius 3 is 2.43 bits per heavy atom. The summed E-state index contributed by atoms with van der Waals surface area (Å²) in [6.07, 6.45) is 0. The molecule has 0 atom stereocenters. The zero-order valence-electron chi connectivity index (χ0n) is 10.7. The number of oxime groups is 1. The van der Waals surface area contributed by atoms with Gasteiger partial charge in [-0.2, -0.15) is 0 Å². The van der Waals surface area contributed by atoms with Gasteiger partial charge < -0.3 is 15.7 Å². The quantitative estimate of drug-likeness (QED) is 0.375. The van der Waals surface area contributed by atoms with E-state index in [0.717, 1.165) is 5.56 Å². The normalized spacial score (nSPS) is 11.5. The molecule has 3 N–H and O–H groups in total. The summed E-state index contributed by atoms with van der Waals surface area (Å²) < 4.78 is 5.60. The fraction of sp³-hybridized carbons (Fsp3) is 0.0714. The van der Waals surface area contributed by atoms with Crippen LogP contribution in [0.15, 0.2) is 41.6 Å². The van der Waals surface area contributed by atoms with Crippen molar-refractivity contribution in [3.8, 4) is 5.75 Å². The predicted octanol–water partition coefficient (Wildman–Crippen LogP) is 4.32. The number of amidine groups is 1. The van der Waals surface area contributed by atoms with Crippen molar-refractivity contribution < 1.29 is 9.94 Å². The van der Waals surface area contributed by atoms with Gasteiger partial charge in [-0.05, 0) is 18.2 Å². The lowest BCUT2D eigenvalue weighted by Gasteiger charge is -2.09. The van der Waals surface area contributed by atoms with Crippen LogP contribution in [-0.2, 0) is 6.61 Å². The number of ether oxygens (including phenoxy) is 1. The fourth-order valence-corrected chi connectivity index (χ4v) is 2.13. The second-order valence-electron chi connectivity index (χ2n) is 4.16. The van der Waals surface area contributed by atoms with Crippen molar-refractivity contribution in [1.82, 2.24) is 0 Å². The van der Waals surface area contributed by atoms with Gasteiger partial charge in [-0.15, -0.1) is 0 Å². The molecule has 0 aliphatic rings. The van der Waals surface area contributed by atoms with Crippen molar-refractivity contribution >= 4 is 40.6 Å². The Balaban J connectivity index is 2.11. The predicted molar refractivity (Wildman–Crippen MR) is 84.8 cm³/mol. The third-order valence-electron chi connectivity index (χ3n) is 2.74. The highest BCUT2D eigenvalue weighted by Gasteiger charge is 2.07. The van der Waals surface area contributed by atoms with Crippen LogP contribution in [0, 0.1) is 0 Å². The third-order valence-corrected chi connectivity index (χ3v) is 3.83. The average molecular weight is 346 g/mol. The first kappa shape index (κ1) is 15.8. The zero-order valence-corrected chi connectivity index (χ0v) is 13.0. The van der Waals surface area contributed by atoms with Gasteiger partial charge in [0.15, 0.2) is 5.84 Å². The van der Waals surface area contributed by atoms with E-state index in [4.69, 9.17) is 50.5 Å². The van der Waals surface area contributed by atoms with Crippen LogP contribution in [0.4, 0.5) is 0 Å². The van der Waals surface area contributed by atoms with Gasteiger partial charge in [0.2, 0.25) is 0 Å². The Morgan fingerprint density at radius 1 is 1.05 bits per heavy atom. The lowest BCUT2D eigenvalue weighted by molar-refractivity contribution is 0.306. The molecule has 4 nitrogen and oxygen atoms in total. The Morgan fingerprint density at radius 2 is 1.81 bits per heavy atom. The molecule has 0 fully saturated rings. The van der Waals surface area contributed by atoms with Gasteiger partial charge in [0, 0.05) is 22.2 Å². The summed E-state index contributed by atoms with van der Waals surface area (Å²) in [6, 6.07) is 10.0. The molecule has 0 amide bonds.